The molecule has 0 bridgehead atoms. The molecule has 0 saturated carbocycles. The summed E-state index contributed by atoms with van der Waals surface area (Å²) in [6.07, 6.45) is 0. The summed E-state index contributed by atoms with van der Waals surface area (Å²) in [5.41, 5.74) is 2.97. The standard InChI is InChI=1S/C22H16N2O3/c1-27-22(26)19-12-11-17(13-16(19)14-23)24-21(25)20-10-6-5-9-18(20)15-7-3-2-4-8-15/h2-13H,1H3,(H,24,25). The quantitative estimate of drug-likeness (QED) is 0.708. The van der Waals surface area contributed by atoms with Crippen LogP contribution in [-0.2, 0) is 4.74 Å². The fraction of sp³-hybridized carbons (Fsp3) is 0.0455. The van der Waals surface area contributed by atoms with Crippen LogP contribution in [0.2, 0.25) is 0 Å². The van der Waals surface area contributed by atoms with E-state index in [1.807, 2.05) is 48.5 Å². The Morgan fingerprint density at radius 3 is 2.33 bits per heavy atom. The molecule has 0 spiro atoms. The van der Waals surface area contributed by atoms with Crippen molar-refractivity contribution in [2.24, 2.45) is 0 Å². The summed E-state index contributed by atoms with van der Waals surface area (Å²) in [4.78, 5) is 24.5. The summed E-state index contributed by atoms with van der Waals surface area (Å²) in [5.74, 6) is -0.900. The molecule has 1 N–H and O–H groups in total. The number of benzene rings is 3. The minimum Gasteiger partial charge on any atom is -0.465 e. The first-order valence-corrected chi connectivity index (χ1v) is 8.22. The second kappa shape index (κ2) is 7.98. The number of ether oxygens (including phenoxy) is 1. The first kappa shape index (κ1) is 17.9. The zero-order valence-corrected chi connectivity index (χ0v) is 14.6. The van der Waals surface area contributed by atoms with Crippen molar-refractivity contribution in [3.05, 3.63) is 89.5 Å². The van der Waals surface area contributed by atoms with Crippen LogP contribution >= 0.6 is 0 Å². The summed E-state index contributed by atoms with van der Waals surface area (Å²) in [6, 6.07) is 23.3. The van der Waals surface area contributed by atoms with Gasteiger partial charge in [-0.15, -0.1) is 0 Å². The molecule has 3 rings (SSSR count). The van der Waals surface area contributed by atoms with E-state index in [4.69, 9.17) is 0 Å². The number of carbonyl (C=O) groups is 2. The van der Waals surface area contributed by atoms with Gasteiger partial charge in [0.1, 0.15) is 6.07 Å². The average molecular weight is 356 g/mol. The summed E-state index contributed by atoms with van der Waals surface area (Å²) in [5, 5.41) is 12.0. The van der Waals surface area contributed by atoms with Crippen LogP contribution in [0.25, 0.3) is 11.1 Å². The molecule has 0 radical (unpaired) electrons. The summed E-state index contributed by atoms with van der Waals surface area (Å²) in [6.45, 7) is 0. The zero-order chi connectivity index (χ0) is 19.2. The molecular weight excluding hydrogens is 340 g/mol. The highest BCUT2D eigenvalue weighted by Gasteiger charge is 2.15. The number of carbonyl (C=O) groups excluding carboxylic acids is 2. The van der Waals surface area contributed by atoms with Crippen molar-refractivity contribution in [1.82, 2.24) is 0 Å². The molecule has 27 heavy (non-hydrogen) atoms. The predicted octanol–water partition coefficient (Wildman–Crippen LogP) is 4.26. The van der Waals surface area contributed by atoms with Crippen LogP contribution in [0.3, 0.4) is 0 Å². The van der Waals surface area contributed by atoms with Crippen molar-refractivity contribution in [3.8, 4) is 17.2 Å². The van der Waals surface area contributed by atoms with Crippen molar-refractivity contribution >= 4 is 17.6 Å². The molecule has 5 nitrogen and oxygen atoms in total. The highest BCUT2D eigenvalue weighted by molar-refractivity contribution is 6.09. The molecule has 0 aliphatic rings. The van der Waals surface area contributed by atoms with Gasteiger partial charge in [0, 0.05) is 11.3 Å². The number of nitrogens with one attached hydrogen (secondary N) is 1. The van der Waals surface area contributed by atoms with Gasteiger partial charge < -0.3 is 10.1 Å². The van der Waals surface area contributed by atoms with Crippen molar-refractivity contribution in [3.63, 3.8) is 0 Å². The maximum Gasteiger partial charge on any atom is 0.339 e. The minimum absolute atomic E-state index is 0.135. The summed E-state index contributed by atoms with van der Waals surface area (Å²) in [7, 11) is 1.25. The van der Waals surface area contributed by atoms with Gasteiger partial charge in [-0.1, -0.05) is 48.5 Å². The lowest BCUT2D eigenvalue weighted by molar-refractivity contribution is 0.0600. The molecule has 0 fully saturated rings. The number of methoxy groups -OCH3 is 1. The lowest BCUT2D eigenvalue weighted by Crippen LogP contribution is -2.14. The molecule has 0 atom stereocenters. The van der Waals surface area contributed by atoms with Crippen molar-refractivity contribution in [1.29, 1.82) is 5.26 Å². The van der Waals surface area contributed by atoms with E-state index in [1.54, 1.807) is 18.2 Å². The van der Waals surface area contributed by atoms with Crippen LogP contribution in [0.1, 0.15) is 26.3 Å². The third-order valence-corrected chi connectivity index (χ3v) is 4.06. The Balaban J connectivity index is 1.91. The molecule has 1 amide bonds. The van der Waals surface area contributed by atoms with Crippen molar-refractivity contribution in [2.75, 3.05) is 12.4 Å². The largest absolute Gasteiger partial charge is 0.465 e. The molecule has 132 valence electrons. The Morgan fingerprint density at radius 2 is 1.63 bits per heavy atom. The van der Waals surface area contributed by atoms with E-state index < -0.39 is 5.97 Å². The SMILES string of the molecule is COC(=O)c1ccc(NC(=O)c2ccccc2-c2ccccc2)cc1C#N. The van der Waals surface area contributed by atoms with Gasteiger partial charge in [0.05, 0.1) is 18.2 Å². The smallest absolute Gasteiger partial charge is 0.339 e. The number of anilines is 1. The molecule has 3 aromatic rings. The lowest BCUT2D eigenvalue weighted by atomic mass is 9.99. The third kappa shape index (κ3) is 3.86. The van der Waals surface area contributed by atoms with Gasteiger partial charge in [0.15, 0.2) is 0 Å². The predicted molar refractivity (Wildman–Crippen MR) is 102 cm³/mol. The van der Waals surface area contributed by atoms with Crippen molar-refractivity contribution < 1.29 is 14.3 Å². The molecule has 0 aliphatic carbocycles. The maximum atomic E-state index is 12.8. The molecule has 0 saturated heterocycles. The molecule has 3 aromatic carbocycles. The topological polar surface area (TPSA) is 79.2 Å². The second-order valence-corrected chi connectivity index (χ2v) is 5.73. The number of nitrogens with zero attached hydrogens (tertiary/aromatic N) is 1. The molecule has 5 heteroatoms. The lowest BCUT2D eigenvalue weighted by Gasteiger charge is -2.11. The molecule has 0 unspecified atom stereocenters. The number of hydrogen-bond acceptors (Lipinski definition) is 4. The molecule has 0 heterocycles. The summed E-state index contributed by atoms with van der Waals surface area (Å²) >= 11 is 0. The van der Waals surface area contributed by atoms with E-state index in [0.717, 1.165) is 11.1 Å². The maximum absolute atomic E-state index is 12.8. The van der Waals surface area contributed by atoms with Crippen LogP contribution in [0.4, 0.5) is 5.69 Å². The van der Waals surface area contributed by atoms with Crippen LogP contribution in [0, 0.1) is 11.3 Å². The first-order valence-electron chi connectivity index (χ1n) is 8.22. The number of hydrogen-bond donors (Lipinski definition) is 1. The second-order valence-electron chi connectivity index (χ2n) is 5.73. The van der Waals surface area contributed by atoms with Crippen LogP contribution in [0.15, 0.2) is 72.8 Å². The van der Waals surface area contributed by atoms with Gasteiger partial charge in [-0.2, -0.15) is 5.26 Å². The Kier molecular flexibility index (Phi) is 5.29. The molecule has 0 aromatic heterocycles. The Labute approximate surface area is 156 Å². The first-order chi connectivity index (χ1) is 13.1. The van der Waals surface area contributed by atoms with Gasteiger partial charge in [-0.05, 0) is 35.4 Å². The van der Waals surface area contributed by atoms with Crippen LogP contribution < -0.4 is 5.32 Å². The Hall–Kier alpha value is -3.91. The van der Waals surface area contributed by atoms with E-state index >= 15 is 0 Å². The highest BCUT2D eigenvalue weighted by Crippen LogP contribution is 2.25. The van der Waals surface area contributed by atoms with Crippen molar-refractivity contribution in [2.45, 2.75) is 0 Å². The number of esters is 1. The van der Waals surface area contributed by atoms with Gasteiger partial charge in [-0.3, -0.25) is 4.79 Å². The third-order valence-electron chi connectivity index (χ3n) is 4.06. The Morgan fingerprint density at radius 1 is 0.926 bits per heavy atom. The van der Waals surface area contributed by atoms with Gasteiger partial charge >= 0.3 is 5.97 Å². The van der Waals surface area contributed by atoms with E-state index in [0.29, 0.717) is 11.3 Å². The molecular formula is C22H16N2O3. The van der Waals surface area contributed by atoms with E-state index in [-0.39, 0.29) is 17.0 Å². The Bertz CT molecular complexity index is 1040. The fourth-order valence-electron chi connectivity index (χ4n) is 2.75. The minimum atomic E-state index is -0.598. The molecule has 0 aliphatic heterocycles. The summed E-state index contributed by atoms with van der Waals surface area (Å²) < 4.78 is 4.66. The fourth-order valence-corrected chi connectivity index (χ4v) is 2.75. The number of rotatable bonds is 4. The number of amides is 1. The van der Waals surface area contributed by atoms with Crippen LogP contribution in [-0.4, -0.2) is 19.0 Å². The van der Waals surface area contributed by atoms with E-state index in [2.05, 4.69) is 10.1 Å². The number of nitriles is 1. The average Bonchev–Trinajstić information content (AvgIpc) is 2.73. The van der Waals surface area contributed by atoms with Gasteiger partial charge in [0.25, 0.3) is 5.91 Å². The van der Waals surface area contributed by atoms with Gasteiger partial charge in [0.2, 0.25) is 0 Å². The highest BCUT2D eigenvalue weighted by atomic mass is 16.5. The van der Waals surface area contributed by atoms with E-state index in [1.165, 1.54) is 19.2 Å². The van der Waals surface area contributed by atoms with Crippen LogP contribution in [0.5, 0.6) is 0 Å². The van der Waals surface area contributed by atoms with E-state index in [9.17, 15) is 14.9 Å². The normalized spacial score (nSPS) is 9.93. The van der Waals surface area contributed by atoms with Gasteiger partial charge in [-0.25, -0.2) is 4.79 Å². The zero-order valence-electron chi connectivity index (χ0n) is 14.6. The monoisotopic (exact) mass is 356 g/mol.